The van der Waals surface area contributed by atoms with Crippen molar-refractivity contribution < 1.29 is 9.53 Å². The number of carbonyl (C=O) groups is 1. The summed E-state index contributed by atoms with van der Waals surface area (Å²) in [5.41, 5.74) is 1.97. The number of hydrogen-bond donors (Lipinski definition) is 0. The van der Waals surface area contributed by atoms with E-state index in [1.807, 2.05) is 42.8 Å². The second kappa shape index (κ2) is 7.63. The number of rotatable bonds is 6. The quantitative estimate of drug-likeness (QED) is 0.498. The molecule has 0 unspecified atom stereocenters. The second-order valence-corrected chi connectivity index (χ2v) is 7.08. The Morgan fingerprint density at radius 3 is 3.04 bits per heavy atom. The highest BCUT2D eigenvalue weighted by molar-refractivity contribution is 8.00. The number of thioether (sulfide) groups is 1. The zero-order valence-electron chi connectivity index (χ0n) is 13.4. The monoisotopic (exact) mass is 359 g/mol. The molecule has 1 amide bonds. The summed E-state index contributed by atoms with van der Waals surface area (Å²) in [4.78, 5) is 22.6. The van der Waals surface area contributed by atoms with Gasteiger partial charge >= 0.3 is 0 Å². The molecule has 2 heterocycles. The normalized spacial score (nSPS) is 10.8. The van der Waals surface area contributed by atoms with Gasteiger partial charge in [-0.15, -0.1) is 11.3 Å². The molecule has 0 radical (unpaired) electrons. The first-order valence-electron chi connectivity index (χ1n) is 7.35. The van der Waals surface area contributed by atoms with Crippen molar-refractivity contribution in [1.82, 2.24) is 14.9 Å². The minimum Gasteiger partial charge on any atom is -0.497 e. The first kappa shape index (κ1) is 16.7. The summed E-state index contributed by atoms with van der Waals surface area (Å²) < 4.78 is 6.25. The van der Waals surface area contributed by atoms with E-state index in [-0.39, 0.29) is 5.91 Å². The zero-order chi connectivity index (χ0) is 16.9. The standard InChI is InChI=1S/C17H17N3O2S2/c1-20(9-12-4-3-5-13(8-12)22-2)15(21)10-24-17-16-14(6-7-23-16)18-11-19-17/h3-8,11H,9-10H2,1-2H3. The van der Waals surface area contributed by atoms with Gasteiger partial charge in [0, 0.05) is 13.6 Å². The Kier molecular flexibility index (Phi) is 5.32. The third-order valence-corrected chi connectivity index (χ3v) is 5.54. The van der Waals surface area contributed by atoms with E-state index < -0.39 is 0 Å². The third-order valence-electron chi connectivity index (χ3n) is 3.52. The Labute approximate surface area is 148 Å². The van der Waals surface area contributed by atoms with Crippen LogP contribution in [0.2, 0.25) is 0 Å². The molecule has 7 heteroatoms. The summed E-state index contributed by atoms with van der Waals surface area (Å²) in [6, 6.07) is 9.70. The number of benzene rings is 1. The lowest BCUT2D eigenvalue weighted by atomic mass is 10.2. The smallest absolute Gasteiger partial charge is 0.233 e. The lowest BCUT2D eigenvalue weighted by molar-refractivity contribution is -0.127. The van der Waals surface area contributed by atoms with Gasteiger partial charge in [0.15, 0.2) is 0 Å². The first-order chi connectivity index (χ1) is 11.7. The van der Waals surface area contributed by atoms with E-state index in [2.05, 4.69) is 9.97 Å². The number of fused-ring (bicyclic) bond motifs is 1. The van der Waals surface area contributed by atoms with E-state index in [1.165, 1.54) is 11.8 Å². The minimum atomic E-state index is 0.0612. The summed E-state index contributed by atoms with van der Waals surface area (Å²) in [6.07, 6.45) is 1.54. The molecule has 1 aromatic carbocycles. The first-order valence-corrected chi connectivity index (χ1v) is 9.22. The van der Waals surface area contributed by atoms with Gasteiger partial charge in [-0.25, -0.2) is 9.97 Å². The van der Waals surface area contributed by atoms with Crippen LogP contribution in [-0.2, 0) is 11.3 Å². The average Bonchev–Trinajstić information content (AvgIpc) is 3.09. The summed E-state index contributed by atoms with van der Waals surface area (Å²) in [5.74, 6) is 1.21. The number of carbonyl (C=O) groups excluding carboxylic acids is 1. The van der Waals surface area contributed by atoms with E-state index in [1.54, 1.807) is 29.7 Å². The van der Waals surface area contributed by atoms with Crippen LogP contribution in [0.4, 0.5) is 0 Å². The summed E-state index contributed by atoms with van der Waals surface area (Å²) in [7, 11) is 3.45. The van der Waals surface area contributed by atoms with Crippen LogP contribution >= 0.6 is 23.1 Å². The highest BCUT2D eigenvalue weighted by Crippen LogP contribution is 2.28. The number of amides is 1. The van der Waals surface area contributed by atoms with Gasteiger partial charge in [0.2, 0.25) is 5.91 Å². The van der Waals surface area contributed by atoms with Crippen molar-refractivity contribution in [3.05, 3.63) is 47.6 Å². The van der Waals surface area contributed by atoms with Crippen molar-refractivity contribution in [2.24, 2.45) is 0 Å². The van der Waals surface area contributed by atoms with E-state index in [0.717, 1.165) is 26.6 Å². The number of hydrogen-bond acceptors (Lipinski definition) is 6. The van der Waals surface area contributed by atoms with Crippen LogP contribution in [-0.4, -0.2) is 40.7 Å². The molecule has 0 atom stereocenters. The highest BCUT2D eigenvalue weighted by Gasteiger charge is 2.13. The van der Waals surface area contributed by atoms with E-state index in [9.17, 15) is 4.79 Å². The second-order valence-electron chi connectivity index (χ2n) is 5.20. The predicted molar refractivity (Wildman–Crippen MR) is 97.6 cm³/mol. The fourth-order valence-corrected chi connectivity index (χ4v) is 4.13. The summed E-state index contributed by atoms with van der Waals surface area (Å²) in [5, 5.41) is 2.85. The van der Waals surface area contributed by atoms with Gasteiger partial charge in [-0.1, -0.05) is 23.9 Å². The maximum absolute atomic E-state index is 12.4. The van der Waals surface area contributed by atoms with Crippen molar-refractivity contribution in [3.63, 3.8) is 0 Å². The Bertz CT molecular complexity index is 850. The molecule has 0 aliphatic rings. The molecular weight excluding hydrogens is 342 g/mol. The molecule has 124 valence electrons. The molecule has 0 N–H and O–H groups in total. The number of nitrogens with zero attached hydrogens (tertiary/aromatic N) is 3. The molecule has 0 saturated heterocycles. The van der Waals surface area contributed by atoms with Crippen LogP contribution in [0, 0.1) is 0 Å². The van der Waals surface area contributed by atoms with Crippen LogP contribution in [0.5, 0.6) is 5.75 Å². The van der Waals surface area contributed by atoms with Crippen molar-refractivity contribution in [2.45, 2.75) is 11.6 Å². The topological polar surface area (TPSA) is 55.3 Å². The zero-order valence-corrected chi connectivity index (χ0v) is 15.1. The van der Waals surface area contributed by atoms with Gasteiger partial charge in [0.25, 0.3) is 0 Å². The van der Waals surface area contributed by atoms with Crippen LogP contribution in [0.15, 0.2) is 47.1 Å². The van der Waals surface area contributed by atoms with Crippen LogP contribution in [0.25, 0.3) is 10.2 Å². The molecule has 0 fully saturated rings. The molecule has 24 heavy (non-hydrogen) atoms. The van der Waals surface area contributed by atoms with Gasteiger partial charge in [-0.05, 0) is 29.1 Å². The number of methoxy groups -OCH3 is 1. The van der Waals surface area contributed by atoms with E-state index in [4.69, 9.17) is 4.74 Å². The molecule has 3 aromatic rings. The molecule has 0 spiro atoms. The minimum absolute atomic E-state index is 0.0612. The molecule has 0 aliphatic heterocycles. The number of aromatic nitrogens is 2. The van der Waals surface area contributed by atoms with Crippen molar-refractivity contribution in [2.75, 3.05) is 19.9 Å². The maximum Gasteiger partial charge on any atom is 0.233 e. The summed E-state index contributed by atoms with van der Waals surface area (Å²) in [6.45, 7) is 0.550. The molecule has 0 bridgehead atoms. The average molecular weight is 359 g/mol. The lowest BCUT2D eigenvalue weighted by Gasteiger charge is -2.17. The van der Waals surface area contributed by atoms with Gasteiger partial charge in [-0.2, -0.15) is 0 Å². The molecule has 5 nitrogen and oxygen atoms in total. The van der Waals surface area contributed by atoms with E-state index >= 15 is 0 Å². The number of ether oxygens (including phenoxy) is 1. The van der Waals surface area contributed by atoms with Gasteiger partial charge in [0.1, 0.15) is 17.1 Å². The maximum atomic E-state index is 12.4. The van der Waals surface area contributed by atoms with Crippen LogP contribution < -0.4 is 4.74 Å². The van der Waals surface area contributed by atoms with Gasteiger partial charge in [-0.3, -0.25) is 4.79 Å². The van der Waals surface area contributed by atoms with Crippen LogP contribution in [0.1, 0.15) is 5.56 Å². The Morgan fingerprint density at radius 2 is 2.21 bits per heavy atom. The Morgan fingerprint density at radius 1 is 1.33 bits per heavy atom. The molecule has 3 rings (SSSR count). The fraction of sp³-hybridized carbons (Fsp3) is 0.235. The Balaban J connectivity index is 1.61. The highest BCUT2D eigenvalue weighted by atomic mass is 32.2. The fourth-order valence-electron chi connectivity index (χ4n) is 2.24. The van der Waals surface area contributed by atoms with Gasteiger partial charge < -0.3 is 9.64 Å². The van der Waals surface area contributed by atoms with Gasteiger partial charge in [0.05, 0.1) is 23.1 Å². The largest absolute Gasteiger partial charge is 0.497 e. The SMILES string of the molecule is COc1cccc(CN(C)C(=O)CSc2ncnc3ccsc23)c1. The van der Waals surface area contributed by atoms with Crippen molar-refractivity contribution in [3.8, 4) is 5.75 Å². The van der Waals surface area contributed by atoms with Crippen molar-refractivity contribution >= 4 is 39.2 Å². The molecule has 0 saturated carbocycles. The third kappa shape index (κ3) is 3.85. The van der Waals surface area contributed by atoms with Crippen molar-refractivity contribution in [1.29, 1.82) is 0 Å². The predicted octanol–water partition coefficient (Wildman–Crippen LogP) is 3.45. The number of thiophene rings is 1. The molecular formula is C17H17N3O2S2. The van der Waals surface area contributed by atoms with E-state index in [0.29, 0.717) is 12.3 Å². The van der Waals surface area contributed by atoms with Crippen LogP contribution in [0.3, 0.4) is 0 Å². The Hall–Kier alpha value is -2.12. The molecule has 2 aromatic heterocycles. The summed E-state index contributed by atoms with van der Waals surface area (Å²) >= 11 is 3.05. The lowest BCUT2D eigenvalue weighted by Crippen LogP contribution is -2.27. The molecule has 0 aliphatic carbocycles.